The monoisotopic (exact) mass is 701 g/mol. The van der Waals surface area contributed by atoms with Crippen molar-refractivity contribution in [2.24, 2.45) is 5.41 Å². The van der Waals surface area contributed by atoms with E-state index < -0.39 is 17.8 Å². The number of aliphatic carboxylic acids is 1. The van der Waals surface area contributed by atoms with Crippen LogP contribution in [0.25, 0.3) is 33.9 Å². The fourth-order valence-corrected chi connectivity index (χ4v) is 7.19. The molecule has 0 bridgehead atoms. The predicted octanol–water partition coefficient (Wildman–Crippen LogP) is 0.890. The van der Waals surface area contributed by atoms with Gasteiger partial charge in [0.1, 0.15) is 22.7 Å². The molecule has 12 nitrogen and oxygen atoms in total. The number of halogens is 3. The predicted molar refractivity (Wildman–Crippen MR) is 175 cm³/mol. The average molecular weight is 702 g/mol. The number of aromatic amines is 1. The van der Waals surface area contributed by atoms with E-state index in [0.29, 0.717) is 78.2 Å². The second kappa shape index (κ2) is 14.3. The van der Waals surface area contributed by atoms with Crippen molar-refractivity contribution in [3.05, 3.63) is 42.0 Å². The Morgan fingerprint density at radius 2 is 1.88 bits per heavy atom. The summed E-state index contributed by atoms with van der Waals surface area (Å²) in [6, 6.07) is 4.63. The summed E-state index contributed by atoms with van der Waals surface area (Å²) in [6.45, 7) is 4.91. The van der Waals surface area contributed by atoms with E-state index in [1.807, 2.05) is 24.9 Å². The van der Waals surface area contributed by atoms with Gasteiger partial charge in [-0.15, -0.1) is 0 Å². The minimum absolute atomic E-state index is 0. The number of hydrogen-bond acceptors (Lipinski definition) is 11. The molecule has 1 saturated heterocycles. The van der Waals surface area contributed by atoms with E-state index in [2.05, 4.69) is 29.7 Å². The first-order chi connectivity index (χ1) is 23.4. The number of nitrogens with zero attached hydrogens (tertiary/aromatic N) is 8. The maximum absolute atomic E-state index is 14.0. The Balaban J connectivity index is 0.00000432. The summed E-state index contributed by atoms with van der Waals surface area (Å²) in [5.41, 5.74) is 2.45. The summed E-state index contributed by atoms with van der Waals surface area (Å²) in [5.74, 6) is 0.0143. The third-order valence-corrected chi connectivity index (χ3v) is 9.96. The zero-order valence-corrected chi connectivity index (χ0v) is 30.8. The average Bonchev–Trinajstić information content (AvgIpc) is 3.81. The van der Waals surface area contributed by atoms with Crippen molar-refractivity contribution in [3.8, 4) is 22.8 Å². The van der Waals surface area contributed by atoms with Crippen LogP contribution in [0.4, 0.5) is 24.7 Å². The van der Waals surface area contributed by atoms with E-state index in [0.717, 1.165) is 43.9 Å². The van der Waals surface area contributed by atoms with E-state index in [4.69, 9.17) is 14.7 Å². The summed E-state index contributed by atoms with van der Waals surface area (Å²) in [7, 11) is 3.67. The van der Waals surface area contributed by atoms with Gasteiger partial charge in [-0.2, -0.15) is 13.2 Å². The molecule has 0 spiro atoms. The number of rotatable bonds is 11. The third kappa shape index (κ3) is 7.61. The van der Waals surface area contributed by atoms with Gasteiger partial charge in [-0.25, -0.2) is 24.9 Å². The quantitative estimate of drug-likeness (QED) is 0.223. The van der Waals surface area contributed by atoms with Crippen LogP contribution in [0.2, 0.25) is 0 Å². The van der Waals surface area contributed by atoms with Crippen LogP contribution in [0.5, 0.6) is 0 Å². The van der Waals surface area contributed by atoms with Gasteiger partial charge in [0.15, 0.2) is 11.5 Å². The molecule has 0 aromatic carbocycles. The summed E-state index contributed by atoms with van der Waals surface area (Å²) in [6.07, 6.45) is 3.50. The maximum atomic E-state index is 14.0. The molecule has 0 unspecified atom stereocenters. The van der Waals surface area contributed by atoms with E-state index >= 15 is 0 Å². The van der Waals surface area contributed by atoms with Crippen molar-refractivity contribution in [1.29, 1.82) is 0 Å². The zero-order valence-electron chi connectivity index (χ0n) is 28.8. The summed E-state index contributed by atoms with van der Waals surface area (Å²) >= 11 is 0. The van der Waals surface area contributed by atoms with Crippen LogP contribution < -0.4 is 44.5 Å². The van der Waals surface area contributed by atoms with Crippen LogP contribution in [0.3, 0.4) is 0 Å². The number of nitrogens with one attached hydrogen (secondary N) is 1. The Morgan fingerprint density at radius 1 is 1.10 bits per heavy atom. The number of piperazine rings is 1. The molecule has 3 aliphatic rings. The number of H-pyrrole nitrogens is 1. The normalized spacial score (nSPS) is 19.2. The van der Waals surface area contributed by atoms with Gasteiger partial charge < -0.3 is 29.4 Å². The molecule has 1 N–H and O–H groups in total. The minimum atomic E-state index is -4.59. The van der Waals surface area contributed by atoms with Gasteiger partial charge in [-0.3, -0.25) is 4.90 Å². The molecule has 0 amide bonds. The molecule has 16 heteroatoms. The number of hydrogen-bond donors (Lipinski definition) is 1. The third-order valence-electron chi connectivity index (χ3n) is 9.96. The number of fused-ring (bicyclic) bond motifs is 1. The molecule has 7 rings (SSSR count). The molecule has 2 saturated carbocycles. The van der Waals surface area contributed by atoms with Crippen molar-refractivity contribution >= 4 is 28.6 Å². The first kappa shape index (κ1) is 36.4. The number of pyridine rings is 2. The van der Waals surface area contributed by atoms with E-state index in [-0.39, 0.29) is 53.5 Å². The second-order valence-electron chi connectivity index (χ2n) is 13.8. The molecule has 2 aliphatic carbocycles. The van der Waals surface area contributed by atoms with E-state index in [1.54, 1.807) is 25.6 Å². The molecule has 5 heterocycles. The molecule has 4 aromatic heterocycles. The Morgan fingerprint density at radius 3 is 2.48 bits per heavy atom. The maximum Gasteiger partial charge on any atom is 1.00 e. The number of aromatic nitrogens is 6. The number of carboxylic acid groups (broad SMARTS) is 1. The summed E-state index contributed by atoms with van der Waals surface area (Å²) in [4.78, 5) is 43.3. The van der Waals surface area contributed by atoms with Crippen LogP contribution in [-0.4, -0.2) is 100 Å². The van der Waals surface area contributed by atoms with Crippen LogP contribution >= 0.6 is 0 Å². The van der Waals surface area contributed by atoms with Crippen LogP contribution in [0.1, 0.15) is 56.3 Å². The molecule has 3 fully saturated rings. The van der Waals surface area contributed by atoms with Crippen molar-refractivity contribution < 1.29 is 57.4 Å². The number of carbonyl (C=O) groups is 1. The molecule has 0 radical (unpaired) electrons. The van der Waals surface area contributed by atoms with E-state index in [9.17, 15) is 23.1 Å². The number of alkyl halides is 3. The Hall–Kier alpha value is -3.37. The van der Waals surface area contributed by atoms with Gasteiger partial charge in [0.2, 0.25) is 0 Å². The van der Waals surface area contributed by atoms with Crippen molar-refractivity contribution in [2.75, 3.05) is 63.3 Å². The summed E-state index contributed by atoms with van der Waals surface area (Å²) in [5, 5.41) is 11.1. The molecular formula is C34H39F3N9NaO3. The van der Waals surface area contributed by atoms with Crippen molar-refractivity contribution in [3.63, 3.8) is 0 Å². The van der Waals surface area contributed by atoms with Crippen LogP contribution in [0, 0.1) is 5.41 Å². The molecule has 1 aliphatic heterocycles. The first-order valence-corrected chi connectivity index (χ1v) is 16.6. The van der Waals surface area contributed by atoms with Gasteiger partial charge in [-0.05, 0) is 50.8 Å². The molecule has 260 valence electrons. The topological polar surface area (TPSA) is 139 Å². The smallest absolute Gasteiger partial charge is 0.549 e. The van der Waals surface area contributed by atoms with Gasteiger partial charge in [-0.1, -0.05) is 6.42 Å². The number of imidazole rings is 1. The number of ether oxygens (including phenoxy) is 1. The van der Waals surface area contributed by atoms with Gasteiger partial charge in [0, 0.05) is 75.5 Å². The SMILES string of the molecule is COCC1(CN(C)c2cc(-c3cc(C4CC4)nc(C(F)(F)F)c3)nc3nc(-c4cnc(N5CCN(CC(=O)[O-])C[C@H]5C)cn4)[nH]c23)CCC1.[Na+]. The fraction of sp³-hybridized carbons (Fsp3) is 0.529. The second-order valence-corrected chi connectivity index (χ2v) is 13.8. The van der Waals surface area contributed by atoms with Gasteiger partial charge in [0.05, 0.1) is 36.4 Å². The Labute approximate surface area is 310 Å². The zero-order chi connectivity index (χ0) is 34.5. The van der Waals surface area contributed by atoms with Crippen LogP contribution in [-0.2, 0) is 15.7 Å². The van der Waals surface area contributed by atoms with E-state index in [1.165, 1.54) is 0 Å². The van der Waals surface area contributed by atoms with Crippen LogP contribution in [0.15, 0.2) is 30.6 Å². The molecule has 50 heavy (non-hydrogen) atoms. The summed E-state index contributed by atoms with van der Waals surface area (Å²) < 4.78 is 47.5. The largest absolute Gasteiger partial charge is 1.00 e. The number of anilines is 2. The van der Waals surface area contributed by atoms with Gasteiger partial charge >= 0.3 is 35.7 Å². The number of carboxylic acids is 1. The van der Waals surface area contributed by atoms with Crippen molar-refractivity contribution in [2.45, 2.75) is 57.2 Å². The standard InChI is InChI=1S/C34H40F3N9O3.Na/c1-20-16-45(17-29(47)48)9-10-46(20)28-15-38-25(14-39-28)31-42-30-26(44(2)18-33(19-49-3)7-4-8-33)13-24(41-32(30)43-31)22-11-23(21-5-6-21)40-27(12-22)34(35,36)37;/h11-15,20-21H,4-10,16-19H2,1-3H3,(H,47,48)(H,41,42,43);/q;+1/p-1/t20-;/m1./s1. The Kier molecular flexibility index (Phi) is 10.4. The number of methoxy groups -OCH3 is 1. The number of carbonyl (C=O) groups excluding carboxylic acids is 1. The Bertz CT molecular complexity index is 1850. The minimum Gasteiger partial charge on any atom is -0.549 e. The molecular weight excluding hydrogens is 662 g/mol. The molecule has 1 atom stereocenters. The van der Waals surface area contributed by atoms with Crippen molar-refractivity contribution in [1.82, 2.24) is 34.8 Å². The van der Waals surface area contributed by atoms with Gasteiger partial charge in [0.25, 0.3) is 0 Å². The first-order valence-electron chi connectivity index (χ1n) is 16.6. The molecule has 4 aromatic rings. The fourth-order valence-electron chi connectivity index (χ4n) is 7.19.